The molecule has 0 fully saturated rings. The maximum absolute atomic E-state index is 13.0. The molecule has 11 nitrogen and oxygen atoms in total. The zero-order chi connectivity index (χ0) is 54.6. The number of carbonyl (C=O) groups excluding carboxylic acids is 3. The lowest BCUT2D eigenvalue weighted by Gasteiger charge is -2.26. The maximum atomic E-state index is 13.0. The summed E-state index contributed by atoms with van der Waals surface area (Å²) in [5, 5.41) is 0. The van der Waals surface area contributed by atoms with E-state index in [1.807, 2.05) is 0 Å². The van der Waals surface area contributed by atoms with E-state index in [2.05, 4.69) is 51.3 Å². The lowest BCUT2D eigenvalue weighted by atomic mass is 9.92. The first-order valence-electron chi connectivity index (χ1n) is 31.9. The third kappa shape index (κ3) is 45.6. The Kier molecular flexibility index (Phi) is 52.6. The summed E-state index contributed by atoms with van der Waals surface area (Å²) in [7, 11) is -3.53. The van der Waals surface area contributed by atoms with Crippen molar-refractivity contribution in [1.82, 2.24) is 9.80 Å². The molecule has 440 valence electrons. The van der Waals surface area contributed by atoms with Crippen molar-refractivity contribution in [3.05, 3.63) is 0 Å². The Bertz CT molecular complexity index is 1300. The first kappa shape index (κ1) is 72.6. The molecule has 12 heteroatoms. The molecule has 3 atom stereocenters. The molecule has 0 aromatic heterocycles. The number of carbonyl (C=O) groups is 3. The number of rotatable bonds is 59. The third-order valence-electron chi connectivity index (χ3n) is 14.8. The average molecular weight is 1070 g/mol. The molecule has 0 aliphatic carbocycles. The van der Waals surface area contributed by atoms with Crippen LogP contribution in [-0.4, -0.2) is 98.8 Å². The highest BCUT2D eigenvalue weighted by Gasteiger charge is 2.25. The number of ether oxygens (including phenoxy) is 2. The Labute approximate surface area is 458 Å². The van der Waals surface area contributed by atoms with E-state index < -0.39 is 7.82 Å². The molecule has 0 rings (SSSR count). The van der Waals surface area contributed by atoms with Crippen LogP contribution >= 0.6 is 7.82 Å². The van der Waals surface area contributed by atoms with Crippen LogP contribution in [0.4, 0.5) is 0 Å². The topological polar surface area (TPSA) is 121 Å². The zero-order valence-electron chi connectivity index (χ0n) is 50.2. The van der Waals surface area contributed by atoms with Gasteiger partial charge in [-0.15, -0.1) is 0 Å². The van der Waals surface area contributed by atoms with Crippen LogP contribution in [0.15, 0.2) is 0 Å². The van der Waals surface area contributed by atoms with Gasteiger partial charge in [-0.05, 0) is 136 Å². The highest BCUT2D eigenvalue weighted by atomic mass is 31.2. The molecule has 0 N–H and O–H groups in total. The number of hydrogen-bond donors (Lipinski definition) is 0. The SMILES string of the molecule is CCCCCC(CC)CC(=O)CCCCCCCCN(CCCCCCCCCCC(=O)OC(CC)CCC)CCCN(CCCCCCCCC(=O)OC(CC)CCCCC)CCCOP(=O)(OCC)OCC. The minimum absolute atomic E-state index is 0.0224. The predicted molar refractivity (Wildman–Crippen MR) is 312 cm³/mol. The van der Waals surface area contributed by atoms with Crippen LogP contribution < -0.4 is 0 Å². The molecule has 0 radical (unpaired) electrons. The van der Waals surface area contributed by atoms with Crippen LogP contribution in [0, 0.1) is 5.92 Å². The normalized spacial score (nSPS) is 13.2. The standard InChI is InChI=1S/C62H123N2O9P/c1-9-17-33-44-57(12-4)56-58(65)45-35-27-22-25-31-39-50-63(49-38-30-24-20-19-21-28-36-47-61(66)72-59(13-5)43-11-3)52-41-53-64(54-42-55-71-74(68,69-15-7)70-16-8)51-40-32-26-23-29-37-48-62(67)73-60(14-6)46-34-18-10-2/h57,59-60H,9-56H2,1-8H3. The Balaban J connectivity index is 5.17. The summed E-state index contributed by atoms with van der Waals surface area (Å²) < 4.78 is 40.9. The molecule has 0 saturated heterocycles. The van der Waals surface area contributed by atoms with E-state index in [0.717, 1.165) is 161 Å². The van der Waals surface area contributed by atoms with Crippen molar-refractivity contribution >= 4 is 25.5 Å². The Morgan fingerprint density at radius 2 is 0.770 bits per heavy atom. The summed E-state index contributed by atoms with van der Waals surface area (Å²) in [4.78, 5) is 42.8. The van der Waals surface area contributed by atoms with Gasteiger partial charge < -0.3 is 19.3 Å². The van der Waals surface area contributed by atoms with E-state index in [1.54, 1.807) is 13.8 Å². The number of hydrogen-bond acceptors (Lipinski definition) is 11. The van der Waals surface area contributed by atoms with Gasteiger partial charge >= 0.3 is 19.8 Å². The molecule has 0 spiro atoms. The van der Waals surface area contributed by atoms with E-state index in [9.17, 15) is 18.9 Å². The minimum Gasteiger partial charge on any atom is -0.462 e. The van der Waals surface area contributed by atoms with Crippen molar-refractivity contribution in [3.8, 4) is 0 Å². The summed E-state index contributed by atoms with van der Waals surface area (Å²) >= 11 is 0. The fraction of sp³-hybridized carbons (Fsp3) is 0.952. The van der Waals surface area contributed by atoms with Crippen LogP contribution in [-0.2, 0) is 42.0 Å². The van der Waals surface area contributed by atoms with E-state index in [4.69, 9.17) is 23.0 Å². The summed E-state index contributed by atoms with van der Waals surface area (Å²) in [6.07, 6.45) is 42.3. The van der Waals surface area contributed by atoms with Crippen molar-refractivity contribution in [3.63, 3.8) is 0 Å². The average Bonchev–Trinajstić information content (AvgIpc) is 3.38. The number of phosphoric acid groups is 1. The molecule has 0 heterocycles. The first-order valence-corrected chi connectivity index (χ1v) is 33.4. The van der Waals surface area contributed by atoms with Crippen LogP contribution in [0.5, 0.6) is 0 Å². The maximum Gasteiger partial charge on any atom is 0.474 e. The van der Waals surface area contributed by atoms with E-state index in [-0.39, 0.29) is 37.4 Å². The summed E-state index contributed by atoms with van der Waals surface area (Å²) in [5.74, 6) is 1.00. The molecule has 0 aliphatic heterocycles. The smallest absolute Gasteiger partial charge is 0.462 e. The second kappa shape index (κ2) is 53.6. The number of Topliss-reactive ketones (excluding diaryl/α,β-unsaturated/α-hetero) is 1. The zero-order valence-corrected chi connectivity index (χ0v) is 51.1. The Morgan fingerprint density at radius 3 is 1.19 bits per heavy atom. The third-order valence-corrected chi connectivity index (χ3v) is 16.5. The fourth-order valence-electron chi connectivity index (χ4n) is 10.1. The largest absolute Gasteiger partial charge is 0.474 e. The van der Waals surface area contributed by atoms with Gasteiger partial charge in [0.1, 0.15) is 18.0 Å². The fourth-order valence-corrected chi connectivity index (χ4v) is 11.3. The van der Waals surface area contributed by atoms with E-state index in [0.29, 0.717) is 31.1 Å². The predicted octanol–water partition coefficient (Wildman–Crippen LogP) is 18.1. The second-order valence-electron chi connectivity index (χ2n) is 21.7. The monoisotopic (exact) mass is 1070 g/mol. The molecule has 0 aromatic rings. The van der Waals surface area contributed by atoms with Gasteiger partial charge in [0.2, 0.25) is 0 Å². The van der Waals surface area contributed by atoms with Crippen LogP contribution in [0.25, 0.3) is 0 Å². The van der Waals surface area contributed by atoms with Crippen molar-refractivity contribution in [2.75, 3.05) is 59.1 Å². The number of nitrogens with zero attached hydrogens (tertiary/aromatic N) is 2. The molecule has 74 heavy (non-hydrogen) atoms. The number of esters is 2. The lowest BCUT2D eigenvalue weighted by molar-refractivity contribution is -0.150. The lowest BCUT2D eigenvalue weighted by Crippen LogP contribution is -2.33. The Hall–Kier alpha value is -1.36. The van der Waals surface area contributed by atoms with Gasteiger partial charge in [0, 0.05) is 32.2 Å². The number of phosphoric ester groups is 1. The van der Waals surface area contributed by atoms with Crippen molar-refractivity contribution in [1.29, 1.82) is 0 Å². The minimum atomic E-state index is -3.53. The molecule has 0 bridgehead atoms. The van der Waals surface area contributed by atoms with Crippen molar-refractivity contribution < 1.29 is 42.0 Å². The molecule has 3 unspecified atom stereocenters. The van der Waals surface area contributed by atoms with Gasteiger partial charge in [0.05, 0.1) is 19.8 Å². The Morgan fingerprint density at radius 1 is 0.378 bits per heavy atom. The number of unbranched alkanes of at least 4 members (excludes halogenated alkanes) is 21. The quantitative estimate of drug-likeness (QED) is 0.0329. The number of ketones is 1. The van der Waals surface area contributed by atoms with Crippen LogP contribution in [0.1, 0.15) is 306 Å². The molecule has 0 aromatic carbocycles. The molecular formula is C62H123N2O9P. The molecule has 0 aliphatic rings. The molecular weight excluding hydrogens is 948 g/mol. The van der Waals surface area contributed by atoms with Gasteiger partial charge in [-0.3, -0.25) is 28.0 Å². The van der Waals surface area contributed by atoms with Gasteiger partial charge in [-0.1, -0.05) is 183 Å². The highest BCUT2D eigenvalue weighted by molar-refractivity contribution is 7.48. The summed E-state index contributed by atoms with van der Waals surface area (Å²) in [5.41, 5.74) is 0. The summed E-state index contributed by atoms with van der Waals surface area (Å²) in [6, 6.07) is 0. The second-order valence-corrected chi connectivity index (χ2v) is 23.3. The molecule has 0 amide bonds. The van der Waals surface area contributed by atoms with Gasteiger partial charge in [-0.2, -0.15) is 0 Å². The molecule has 0 saturated carbocycles. The van der Waals surface area contributed by atoms with Gasteiger partial charge in [0.15, 0.2) is 0 Å². The highest BCUT2D eigenvalue weighted by Crippen LogP contribution is 2.49. The van der Waals surface area contributed by atoms with Crippen LogP contribution in [0.2, 0.25) is 0 Å². The first-order chi connectivity index (χ1) is 36.0. The summed E-state index contributed by atoms with van der Waals surface area (Å²) in [6.45, 7) is 23.9. The van der Waals surface area contributed by atoms with Crippen molar-refractivity contribution in [2.24, 2.45) is 5.92 Å². The van der Waals surface area contributed by atoms with Gasteiger partial charge in [0.25, 0.3) is 0 Å². The van der Waals surface area contributed by atoms with Crippen LogP contribution in [0.3, 0.4) is 0 Å². The van der Waals surface area contributed by atoms with E-state index >= 15 is 0 Å². The van der Waals surface area contributed by atoms with E-state index in [1.165, 1.54) is 116 Å². The van der Waals surface area contributed by atoms with Crippen molar-refractivity contribution in [2.45, 2.75) is 318 Å². The van der Waals surface area contributed by atoms with Gasteiger partial charge in [-0.25, -0.2) is 4.57 Å².